The number of pyridine rings is 1. The predicted octanol–water partition coefficient (Wildman–Crippen LogP) is 4.50. The minimum Gasteiger partial charge on any atom is -0.334 e. The Morgan fingerprint density at radius 3 is 2.24 bits per heavy atom. The van der Waals surface area contributed by atoms with E-state index in [2.05, 4.69) is 11.1 Å². The fraction of sp³-hybridized carbons (Fsp3) is 0.381. The summed E-state index contributed by atoms with van der Waals surface area (Å²) in [5, 5.41) is 9.25. The van der Waals surface area contributed by atoms with Crippen LogP contribution in [0.5, 0.6) is 0 Å². The molecule has 1 aromatic carbocycles. The number of nitriles is 1. The quantitative estimate of drug-likeness (QED) is 0.827. The molecule has 0 aliphatic rings. The second-order valence-corrected chi connectivity index (χ2v) is 6.84. The van der Waals surface area contributed by atoms with E-state index in [1.165, 1.54) is 0 Å². The third-order valence-corrected chi connectivity index (χ3v) is 4.29. The van der Waals surface area contributed by atoms with Crippen molar-refractivity contribution in [3.8, 4) is 17.3 Å². The largest absolute Gasteiger partial charge is 0.334 e. The van der Waals surface area contributed by atoms with E-state index in [4.69, 9.17) is 0 Å². The highest BCUT2D eigenvalue weighted by Crippen LogP contribution is 2.27. The second-order valence-electron chi connectivity index (χ2n) is 6.84. The van der Waals surface area contributed by atoms with Gasteiger partial charge in [0.1, 0.15) is 6.07 Å². The van der Waals surface area contributed by atoms with Gasteiger partial charge in [0, 0.05) is 23.2 Å². The van der Waals surface area contributed by atoms with Gasteiger partial charge in [0.05, 0.1) is 17.0 Å². The molecule has 1 heterocycles. The molecule has 0 atom stereocenters. The molecule has 1 amide bonds. The summed E-state index contributed by atoms with van der Waals surface area (Å²) in [7, 11) is 0. The fourth-order valence-electron chi connectivity index (χ4n) is 3.24. The molecule has 0 aliphatic carbocycles. The molecule has 4 nitrogen and oxygen atoms in total. The van der Waals surface area contributed by atoms with Crippen molar-refractivity contribution in [2.75, 3.05) is 0 Å². The van der Waals surface area contributed by atoms with Crippen LogP contribution in [0.15, 0.2) is 30.3 Å². The molecular formula is C21H25N3O. The third-order valence-electron chi connectivity index (χ3n) is 4.29. The van der Waals surface area contributed by atoms with Crippen LogP contribution in [0.1, 0.15) is 54.9 Å². The topological polar surface area (TPSA) is 57.0 Å². The van der Waals surface area contributed by atoms with Crippen LogP contribution in [-0.2, 0) is 0 Å². The monoisotopic (exact) mass is 335 g/mol. The molecule has 2 aromatic rings. The Kier molecular flexibility index (Phi) is 5.58. The van der Waals surface area contributed by atoms with Crippen LogP contribution >= 0.6 is 0 Å². The Bertz CT molecular complexity index is 800. The Balaban J connectivity index is 2.60. The van der Waals surface area contributed by atoms with Crippen LogP contribution in [0.3, 0.4) is 0 Å². The van der Waals surface area contributed by atoms with Crippen LogP contribution in [0.2, 0.25) is 0 Å². The van der Waals surface area contributed by atoms with Crippen molar-refractivity contribution in [2.24, 2.45) is 0 Å². The molecule has 130 valence electrons. The van der Waals surface area contributed by atoms with E-state index >= 15 is 0 Å². The van der Waals surface area contributed by atoms with Crippen molar-refractivity contribution in [2.45, 2.75) is 53.6 Å². The zero-order valence-corrected chi connectivity index (χ0v) is 15.8. The normalized spacial score (nSPS) is 10.8. The van der Waals surface area contributed by atoms with Gasteiger partial charge in [-0.1, -0.05) is 18.2 Å². The molecule has 1 aromatic heterocycles. The maximum atomic E-state index is 13.2. The number of carbonyl (C=O) groups excluding carboxylic acids is 1. The SMILES string of the molecule is Cc1cc(-c2ccccc2C(=O)N(C(C)C)C(C)C)nc(C)c1C#N. The van der Waals surface area contributed by atoms with Crippen molar-refractivity contribution in [3.05, 3.63) is 52.7 Å². The van der Waals surface area contributed by atoms with Gasteiger partial charge in [-0.25, -0.2) is 0 Å². The average molecular weight is 335 g/mol. The zero-order valence-electron chi connectivity index (χ0n) is 15.8. The summed E-state index contributed by atoms with van der Waals surface area (Å²) in [6.45, 7) is 11.8. The summed E-state index contributed by atoms with van der Waals surface area (Å²) in [4.78, 5) is 19.6. The van der Waals surface area contributed by atoms with Gasteiger partial charge in [0.25, 0.3) is 5.91 Å². The molecule has 0 aliphatic heterocycles. The molecule has 0 N–H and O–H groups in total. The summed E-state index contributed by atoms with van der Waals surface area (Å²) in [5.41, 5.74) is 4.32. The van der Waals surface area contributed by atoms with Gasteiger partial charge in [-0.05, 0) is 59.2 Å². The second kappa shape index (κ2) is 7.48. The molecular weight excluding hydrogens is 310 g/mol. The van der Waals surface area contributed by atoms with E-state index in [-0.39, 0.29) is 18.0 Å². The van der Waals surface area contributed by atoms with Crippen LogP contribution in [0, 0.1) is 25.2 Å². The van der Waals surface area contributed by atoms with E-state index in [1.807, 2.05) is 76.8 Å². The maximum Gasteiger partial charge on any atom is 0.255 e. The van der Waals surface area contributed by atoms with Gasteiger partial charge in [-0.15, -0.1) is 0 Å². The Hall–Kier alpha value is -2.67. The highest BCUT2D eigenvalue weighted by molar-refractivity contribution is 6.00. The van der Waals surface area contributed by atoms with E-state index in [0.717, 1.165) is 16.8 Å². The lowest BCUT2D eigenvalue weighted by Gasteiger charge is -2.31. The number of amides is 1. The minimum absolute atomic E-state index is 0.00191. The Morgan fingerprint density at radius 1 is 1.12 bits per heavy atom. The fourth-order valence-corrected chi connectivity index (χ4v) is 3.24. The van der Waals surface area contributed by atoms with Crippen LogP contribution in [-0.4, -0.2) is 27.9 Å². The standard InChI is InChI=1S/C21H25N3O/c1-13(2)24(14(3)4)21(25)18-10-8-7-9-17(18)20-11-15(5)19(12-22)16(6)23-20/h7-11,13-14H,1-6H3. The summed E-state index contributed by atoms with van der Waals surface area (Å²) < 4.78 is 0. The number of carbonyl (C=O) groups is 1. The van der Waals surface area contributed by atoms with Gasteiger partial charge in [-0.2, -0.15) is 5.26 Å². The molecule has 0 saturated carbocycles. The summed E-state index contributed by atoms with van der Waals surface area (Å²) in [6.07, 6.45) is 0. The molecule has 0 unspecified atom stereocenters. The van der Waals surface area contributed by atoms with Crippen LogP contribution in [0.25, 0.3) is 11.3 Å². The number of hydrogen-bond donors (Lipinski definition) is 0. The van der Waals surface area contributed by atoms with Crippen molar-refractivity contribution >= 4 is 5.91 Å². The highest BCUT2D eigenvalue weighted by Gasteiger charge is 2.24. The summed E-state index contributed by atoms with van der Waals surface area (Å²) >= 11 is 0. The first-order chi connectivity index (χ1) is 11.8. The lowest BCUT2D eigenvalue weighted by atomic mass is 9.99. The third kappa shape index (κ3) is 3.71. The lowest BCUT2D eigenvalue weighted by Crippen LogP contribution is -2.42. The number of aromatic nitrogens is 1. The molecule has 25 heavy (non-hydrogen) atoms. The average Bonchev–Trinajstić information content (AvgIpc) is 2.53. The first kappa shape index (κ1) is 18.7. The molecule has 0 spiro atoms. The van der Waals surface area contributed by atoms with E-state index in [0.29, 0.717) is 16.8 Å². The predicted molar refractivity (Wildman–Crippen MR) is 100 cm³/mol. The van der Waals surface area contributed by atoms with E-state index in [9.17, 15) is 10.1 Å². The molecule has 0 radical (unpaired) electrons. The van der Waals surface area contributed by atoms with E-state index in [1.54, 1.807) is 0 Å². The number of nitrogens with zero attached hydrogens (tertiary/aromatic N) is 3. The van der Waals surface area contributed by atoms with Gasteiger partial charge < -0.3 is 4.90 Å². The summed E-state index contributed by atoms with van der Waals surface area (Å²) in [5.74, 6) is 0.00191. The van der Waals surface area contributed by atoms with Crippen molar-refractivity contribution < 1.29 is 4.79 Å². The smallest absolute Gasteiger partial charge is 0.255 e. The molecule has 4 heteroatoms. The van der Waals surface area contributed by atoms with Gasteiger partial charge in [0.2, 0.25) is 0 Å². The lowest BCUT2D eigenvalue weighted by molar-refractivity contribution is 0.0644. The molecule has 0 fully saturated rings. The van der Waals surface area contributed by atoms with Crippen LogP contribution in [0.4, 0.5) is 0 Å². The molecule has 2 rings (SSSR count). The highest BCUT2D eigenvalue weighted by atomic mass is 16.2. The Labute approximate surface area is 150 Å². The van der Waals surface area contributed by atoms with Gasteiger partial charge >= 0.3 is 0 Å². The maximum absolute atomic E-state index is 13.2. The number of hydrogen-bond acceptors (Lipinski definition) is 3. The minimum atomic E-state index is 0.00191. The van der Waals surface area contributed by atoms with Crippen molar-refractivity contribution in [1.82, 2.24) is 9.88 Å². The number of aryl methyl sites for hydroxylation is 2. The van der Waals surface area contributed by atoms with Gasteiger partial charge in [0.15, 0.2) is 0 Å². The van der Waals surface area contributed by atoms with Crippen molar-refractivity contribution in [3.63, 3.8) is 0 Å². The number of rotatable bonds is 4. The first-order valence-electron chi connectivity index (χ1n) is 8.58. The first-order valence-corrected chi connectivity index (χ1v) is 8.58. The molecule has 0 bridgehead atoms. The van der Waals surface area contributed by atoms with E-state index < -0.39 is 0 Å². The van der Waals surface area contributed by atoms with Crippen LogP contribution < -0.4 is 0 Å². The van der Waals surface area contributed by atoms with Gasteiger partial charge in [-0.3, -0.25) is 9.78 Å². The zero-order chi connectivity index (χ0) is 18.7. The Morgan fingerprint density at radius 2 is 1.72 bits per heavy atom. The summed E-state index contributed by atoms with van der Waals surface area (Å²) in [6, 6.07) is 11.8. The number of benzene rings is 1. The molecule has 0 saturated heterocycles. The van der Waals surface area contributed by atoms with Crippen molar-refractivity contribution in [1.29, 1.82) is 5.26 Å².